The van der Waals surface area contributed by atoms with Crippen molar-refractivity contribution in [3.05, 3.63) is 71.5 Å². The van der Waals surface area contributed by atoms with E-state index in [-0.39, 0.29) is 11.7 Å². The Morgan fingerprint density at radius 1 is 1.21 bits per heavy atom. The number of amides is 1. The smallest absolute Gasteiger partial charge is 0.223 e. The molecule has 2 heterocycles. The van der Waals surface area contributed by atoms with Crippen molar-refractivity contribution in [2.45, 2.75) is 32.7 Å². The fourth-order valence-corrected chi connectivity index (χ4v) is 3.55. The van der Waals surface area contributed by atoms with Crippen LogP contribution in [0.4, 0.5) is 4.39 Å². The molecule has 6 heteroatoms. The molecule has 3 aromatic rings. The number of fused-ring (bicyclic) bond motifs is 1. The molecule has 2 aromatic carbocycles. The van der Waals surface area contributed by atoms with Crippen molar-refractivity contribution in [3.8, 4) is 17.1 Å². The highest BCUT2D eigenvalue weighted by atomic mass is 19.1. The molecule has 1 amide bonds. The highest BCUT2D eigenvalue weighted by Crippen LogP contribution is 2.25. The van der Waals surface area contributed by atoms with Crippen LogP contribution >= 0.6 is 0 Å². The van der Waals surface area contributed by atoms with Crippen LogP contribution < -0.4 is 4.74 Å². The molecule has 29 heavy (non-hydrogen) atoms. The van der Waals surface area contributed by atoms with E-state index in [9.17, 15) is 9.18 Å². The van der Waals surface area contributed by atoms with Crippen LogP contribution in [0.25, 0.3) is 11.3 Å². The summed E-state index contributed by atoms with van der Waals surface area (Å²) in [5.41, 5.74) is 3.17. The van der Waals surface area contributed by atoms with E-state index < -0.39 is 0 Å². The molecular weight excluding hydrogens is 371 g/mol. The number of carbonyl (C=O) groups excluding carboxylic acids is 1. The van der Waals surface area contributed by atoms with Gasteiger partial charge < -0.3 is 14.1 Å². The van der Waals surface area contributed by atoms with Crippen LogP contribution in [0.2, 0.25) is 0 Å². The van der Waals surface area contributed by atoms with Gasteiger partial charge in [0.2, 0.25) is 5.91 Å². The molecule has 1 aliphatic rings. The number of aromatic nitrogens is 1. The number of ether oxygens (including phenoxy) is 1. The van der Waals surface area contributed by atoms with Crippen LogP contribution in [-0.2, 0) is 24.2 Å². The van der Waals surface area contributed by atoms with Crippen molar-refractivity contribution >= 4 is 5.91 Å². The van der Waals surface area contributed by atoms with Crippen LogP contribution in [0.15, 0.2) is 53.1 Å². The number of nitrogens with zero attached hydrogens (tertiary/aromatic N) is 2. The maximum absolute atomic E-state index is 13.1. The van der Waals surface area contributed by atoms with E-state index in [4.69, 9.17) is 9.15 Å². The Balaban J connectivity index is 1.35. The second-order valence-electron chi connectivity index (χ2n) is 7.05. The lowest BCUT2D eigenvalue weighted by Crippen LogP contribution is -2.36. The SMILES string of the molecule is CCOc1ccc2c(c1)CN(C(=O)CCc1ncc(-c3ccc(F)cc3)o1)CC2. The van der Waals surface area contributed by atoms with Crippen molar-refractivity contribution in [2.75, 3.05) is 13.2 Å². The fraction of sp³-hybridized carbons (Fsp3) is 0.304. The van der Waals surface area contributed by atoms with E-state index in [1.165, 1.54) is 17.7 Å². The van der Waals surface area contributed by atoms with Crippen molar-refractivity contribution in [1.82, 2.24) is 9.88 Å². The van der Waals surface area contributed by atoms with Gasteiger partial charge in [-0.05, 0) is 60.9 Å². The first-order valence-electron chi connectivity index (χ1n) is 9.85. The van der Waals surface area contributed by atoms with E-state index in [1.807, 2.05) is 24.0 Å². The van der Waals surface area contributed by atoms with Gasteiger partial charge in [-0.15, -0.1) is 0 Å². The van der Waals surface area contributed by atoms with Crippen LogP contribution in [0.3, 0.4) is 0 Å². The summed E-state index contributed by atoms with van der Waals surface area (Å²) < 4.78 is 24.4. The molecule has 0 fully saturated rings. The molecule has 0 saturated carbocycles. The molecule has 5 nitrogen and oxygen atoms in total. The van der Waals surface area contributed by atoms with Gasteiger partial charge in [0, 0.05) is 31.5 Å². The summed E-state index contributed by atoms with van der Waals surface area (Å²) in [6.45, 7) is 3.89. The number of carbonyl (C=O) groups is 1. The van der Waals surface area contributed by atoms with Crippen molar-refractivity contribution in [1.29, 1.82) is 0 Å². The number of rotatable bonds is 6. The maximum atomic E-state index is 13.1. The number of aryl methyl sites for hydroxylation is 1. The van der Waals surface area contributed by atoms with Gasteiger partial charge in [0.15, 0.2) is 11.7 Å². The highest BCUT2D eigenvalue weighted by molar-refractivity contribution is 5.76. The first-order valence-corrected chi connectivity index (χ1v) is 9.85. The van der Waals surface area contributed by atoms with E-state index >= 15 is 0 Å². The summed E-state index contributed by atoms with van der Waals surface area (Å²) >= 11 is 0. The maximum Gasteiger partial charge on any atom is 0.223 e. The zero-order chi connectivity index (χ0) is 20.2. The van der Waals surface area contributed by atoms with Gasteiger partial charge in [0.05, 0.1) is 12.8 Å². The molecule has 1 aromatic heterocycles. The Morgan fingerprint density at radius 2 is 2.03 bits per heavy atom. The standard InChI is InChI=1S/C23H23FN2O3/c1-2-28-20-8-5-16-11-12-26(15-18(16)13-20)23(27)10-9-22-25-14-21(29-22)17-3-6-19(24)7-4-17/h3-8,13-14H,2,9-12,15H2,1H3. The van der Waals surface area contributed by atoms with Gasteiger partial charge in [-0.2, -0.15) is 0 Å². The monoisotopic (exact) mass is 394 g/mol. The van der Waals surface area contributed by atoms with Crippen LogP contribution in [0, 0.1) is 5.82 Å². The molecule has 1 aliphatic heterocycles. The number of hydrogen-bond donors (Lipinski definition) is 0. The third kappa shape index (κ3) is 4.47. The summed E-state index contributed by atoms with van der Waals surface area (Å²) in [5, 5.41) is 0. The van der Waals surface area contributed by atoms with Crippen LogP contribution in [0.5, 0.6) is 5.75 Å². The largest absolute Gasteiger partial charge is 0.494 e. The van der Waals surface area contributed by atoms with Gasteiger partial charge in [-0.25, -0.2) is 9.37 Å². The average molecular weight is 394 g/mol. The Kier molecular flexibility index (Phi) is 5.60. The summed E-state index contributed by atoms with van der Waals surface area (Å²) in [7, 11) is 0. The number of hydrogen-bond acceptors (Lipinski definition) is 4. The van der Waals surface area contributed by atoms with Crippen LogP contribution in [0.1, 0.15) is 30.4 Å². The fourth-order valence-electron chi connectivity index (χ4n) is 3.55. The molecule has 0 saturated heterocycles. The predicted molar refractivity (Wildman–Crippen MR) is 107 cm³/mol. The Labute approximate surface area is 169 Å². The summed E-state index contributed by atoms with van der Waals surface area (Å²) in [5.74, 6) is 1.71. The Hall–Kier alpha value is -3.15. The van der Waals surface area contributed by atoms with E-state index in [0.29, 0.717) is 44.2 Å². The van der Waals surface area contributed by atoms with Crippen LogP contribution in [-0.4, -0.2) is 28.9 Å². The van der Waals surface area contributed by atoms with Crippen molar-refractivity contribution in [3.63, 3.8) is 0 Å². The van der Waals surface area contributed by atoms with Gasteiger partial charge in [-0.3, -0.25) is 4.79 Å². The minimum Gasteiger partial charge on any atom is -0.494 e. The van der Waals surface area contributed by atoms with Gasteiger partial charge in [-0.1, -0.05) is 6.07 Å². The minimum absolute atomic E-state index is 0.0824. The zero-order valence-electron chi connectivity index (χ0n) is 16.4. The first-order chi connectivity index (χ1) is 14.1. The van der Waals surface area contributed by atoms with Gasteiger partial charge >= 0.3 is 0 Å². The number of halogens is 1. The molecule has 0 atom stereocenters. The summed E-state index contributed by atoms with van der Waals surface area (Å²) in [6, 6.07) is 12.2. The molecule has 0 unspecified atom stereocenters. The molecule has 0 spiro atoms. The van der Waals surface area contributed by atoms with Gasteiger partial charge in [0.25, 0.3) is 0 Å². The number of oxazole rings is 1. The number of benzene rings is 2. The third-order valence-corrected chi connectivity index (χ3v) is 5.09. The van der Waals surface area contributed by atoms with E-state index in [1.54, 1.807) is 18.3 Å². The lowest BCUT2D eigenvalue weighted by Gasteiger charge is -2.29. The predicted octanol–water partition coefficient (Wildman–Crippen LogP) is 4.40. The molecule has 4 rings (SSSR count). The second-order valence-corrected chi connectivity index (χ2v) is 7.05. The normalized spacial score (nSPS) is 13.2. The molecule has 150 valence electrons. The second kappa shape index (κ2) is 8.47. The first kappa shape index (κ1) is 19.2. The quantitative estimate of drug-likeness (QED) is 0.622. The van der Waals surface area contributed by atoms with Crippen molar-refractivity contribution < 1.29 is 18.3 Å². The average Bonchev–Trinajstić information content (AvgIpc) is 3.21. The highest BCUT2D eigenvalue weighted by Gasteiger charge is 2.21. The topological polar surface area (TPSA) is 55.6 Å². The lowest BCUT2D eigenvalue weighted by molar-refractivity contribution is -0.132. The van der Waals surface area contributed by atoms with E-state index in [0.717, 1.165) is 23.3 Å². The molecule has 0 radical (unpaired) electrons. The minimum atomic E-state index is -0.296. The molecule has 0 N–H and O–H groups in total. The third-order valence-electron chi connectivity index (χ3n) is 5.09. The van der Waals surface area contributed by atoms with Crippen molar-refractivity contribution in [2.24, 2.45) is 0 Å². The molecular formula is C23H23FN2O3. The zero-order valence-corrected chi connectivity index (χ0v) is 16.4. The Bertz CT molecular complexity index is 998. The Morgan fingerprint density at radius 3 is 2.83 bits per heavy atom. The lowest BCUT2D eigenvalue weighted by atomic mass is 9.99. The summed E-state index contributed by atoms with van der Waals surface area (Å²) in [4.78, 5) is 18.8. The molecule has 0 bridgehead atoms. The summed E-state index contributed by atoms with van der Waals surface area (Å²) in [6.07, 6.45) is 3.23. The van der Waals surface area contributed by atoms with Gasteiger partial charge in [0.1, 0.15) is 11.6 Å². The molecule has 0 aliphatic carbocycles. The van der Waals surface area contributed by atoms with E-state index in [2.05, 4.69) is 11.1 Å².